The van der Waals surface area contributed by atoms with Crippen molar-refractivity contribution in [1.82, 2.24) is 9.88 Å². The summed E-state index contributed by atoms with van der Waals surface area (Å²) in [7, 11) is 0. The van der Waals surface area contributed by atoms with Crippen molar-refractivity contribution in [2.75, 3.05) is 19.7 Å². The van der Waals surface area contributed by atoms with Gasteiger partial charge in [0.2, 0.25) is 0 Å². The zero-order chi connectivity index (χ0) is 15.5. The van der Waals surface area contributed by atoms with Crippen LogP contribution in [0, 0.1) is 5.92 Å². The van der Waals surface area contributed by atoms with Crippen LogP contribution < -0.4 is 0 Å². The molecule has 1 saturated heterocycles. The Bertz CT molecular complexity index is 502. The van der Waals surface area contributed by atoms with Gasteiger partial charge in [0.1, 0.15) is 5.03 Å². The van der Waals surface area contributed by atoms with Crippen LogP contribution in [0.25, 0.3) is 0 Å². The van der Waals surface area contributed by atoms with Crippen LogP contribution in [0.1, 0.15) is 23.2 Å². The second kappa shape index (κ2) is 6.65. The van der Waals surface area contributed by atoms with Gasteiger partial charge in [-0.2, -0.15) is 13.2 Å². The molecule has 0 aromatic carbocycles. The van der Waals surface area contributed by atoms with Crippen molar-refractivity contribution < 1.29 is 23.1 Å². The second-order valence-corrected chi connectivity index (χ2v) is 5.88. The maximum Gasteiger partial charge on any atom is 0.447 e. The number of rotatable bonds is 3. The van der Waals surface area contributed by atoms with Gasteiger partial charge in [0.15, 0.2) is 0 Å². The SMILES string of the molecule is O=C(c1cccnc1SC(F)(F)F)N1CCC(CO)CC1. The van der Waals surface area contributed by atoms with Crippen molar-refractivity contribution in [2.45, 2.75) is 23.4 Å². The molecule has 0 atom stereocenters. The van der Waals surface area contributed by atoms with Crippen LogP contribution in [-0.4, -0.2) is 46.1 Å². The van der Waals surface area contributed by atoms with Gasteiger partial charge >= 0.3 is 5.51 Å². The van der Waals surface area contributed by atoms with Gasteiger partial charge in [-0.15, -0.1) is 0 Å². The van der Waals surface area contributed by atoms with Crippen molar-refractivity contribution in [2.24, 2.45) is 5.92 Å². The number of halogens is 3. The summed E-state index contributed by atoms with van der Waals surface area (Å²) < 4.78 is 37.5. The van der Waals surface area contributed by atoms with Crippen LogP contribution in [-0.2, 0) is 0 Å². The number of nitrogens with zero attached hydrogens (tertiary/aromatic N) is 2. The lowest BCUT2D eigenvalue weighted by atomic mass is 9.97. The highest BCUT2D eigenvalue weighted by molar-refractivity contribution is 8.00. The van der Waals surface area contributed by atoms with Crippen LogP contribution in [0.15, 0.2) is 23.4 Å². The third kappa shape index (κ3) is 4.34. The summed E-state index contributed by atoms with van der Waals surface area (Å²) in [4.78, 5) is 17.5. The van der Waals surface area contributed by atoms with Crippen molar-refractivity contribution in [3.63, 3.8) is 0 Å². The number of aliphatic hydroxyl groups excluding tert-OH is 1. The van der Waals surface area contributed by atoms with Crippen molar-refractivity contribution in [1.29, 1.82) is 0 Å². The Hall–Kier alpha value is -1.28. The number of aliphatic hydroxyl groups is 1. The molecule has 1 amide bonds. The smallest absolute Gasteiger partial charge is 0.396 e. The molecule has 2 rings (SSSR count). The molecule has 0 spiro atoms. The minimum absolute atomic E-state index is 0.0257. The molecule has 0 bridgehead atoms. The molecule has 1 N–H and O–H groups in total. The minimum atomic E-state index is -4.48. The number of hydrogen-bond acceptors (Lipinski definition) is 4. The summed E-state index contributed by atoms with van der Waals surface area (Å²) in [5, 5.41) is 8.74. The standard InChI is InChI=1S/C13H15F3N2O2S/c14-13(15,16)21-11-10(2-1-5-17-11)12(20)18-6-3-9(8-19)4-7-18/h1-2,5,9,19H,3-4,6-8H2. The molecule has 21 heavy (non-hydrogen) atoms. The first-order chi connectivity index (χ1) is 9.90. The van der Waals surface area contributed by atoms with Gasteiger partial charge in [-0.1, -0.05) is 0 Å². The highest BCUT2D eigenvalue weighted by Gasteiger charge is 2.33. The lowest BCUT2D eigenvalue weighted by molar-refractivity contribution is -0.0329. The molecule has 116 valence electrons. The zero-order valence-electron chi connectivity index (χ0n) is 11.1. The number of hydrogen-bond donors (Lipinski definition) is 1. The van der Waals surface area contributed by atoms with E-state index in [2.05, 4.69) is 4.98 Å². The van der Waals surface area contributed by atoms with Gasteiger partial charge in [0.25, 0.3) is 5.91 Å². The number of carbonyl (C=O) groups is 1. The monoisotopic (exact) mass is 320 g/mol. The lowest BCUT2D eigenvalue weighted by Crippen LogP contribution is -2.39. The van der Waals surface area contributed by atoms with E-state index in [-0.39, 0.29) is 34.9 Å². The van der Waals surface area contributed by atoms with Gasteiger partial charge in [-0.05, 0) is 30.9 Å². The van der Waals surface area contributed by atoms with Crippen molar-refractivity contribution in [3.05, 3.63) is 23.9 Å². The van der Waals surface area contributed by atoms with E-state index in [1.54, 1.807) is 0 Å². The Morgan fingerprint density at radius 3 is 2.67 bits per heavy atom. The van der Waals surface area contributed by atoms with E-state index in [9.17, 15) is 18.0 Å². The molecule has 1 aliphatic rings. The molecule has 0 saturated carbocycles. The van der Waals surface area contributed by atoms with Gasteiger partial charge in [0.05, 0.1) is 5.56 Å². The highest BCUT2D eigenvalue weighted by atomic mass is 32.2. The molecule has 2 heterocycles. The molecule has 1 aromatic rings. The summed E-state index contributed by atoms with van der Waals surface area (Å²) in [6.45, 7) is 0.953. The summed E-state index contributed by atoms with van der Waals surface area (Å²) in [6, 6.07) is 2.82. The van der Waals surface area contributed by atoms with Crippen LogP contribution in [0.3, 0.4) is 0 Å². The Balaban J connectivity index is 2.13. The predicted octanol–water partition coefficient (Wildman–Crippen LogP) is 2.54. The molecule has 0 radical (unpaired) electrons. The first kappa shape index (κ1) is 16.1. The molecular formula is C13H15F3N2O2S. The summed E-state index contributed by atoms with van der Waals surface area (Å²) in [5.41, 5.74) is -4.50. The fourth-order valence-corrected chi connectivity index (χ4v) is 2.83. The van der Waals surface area contributed by atoms with E-state index >= 15 is 0 Å². The Morgan fingerprint density at radius 2 is 2.10 bits per heavy atom. The Labute approximate surface area is 124 Å². The minimum Gasteiger partial charge on any atom is -0.396 e. The molecule has 1 fully saturated rings. The summed E-state index contributed by atoms with van der Waals surface area (Å²) >= 11 is -0.374. The number of aromatic nitrogens is 1. The maximum atomic E-state index is 12.5. The first-order valence-corrected chi connectivity index (χ1v) is 7.33. The van der Waals surface area contributed by atoms with E-state index in [0.29, 0.717) is 25.9 Å². The fourth-order valence-electron chi connectivity index (χ4n) is 2.23. The fraction of sp³-hybridized carbons (Fsp3) is 0.538. The molecule has 4 nitrogen and oxygen atoms in total. The number of pyridine rings is 1. The quantitative estimate of drug-likeness (QED) is 0.870. The van der Waals surface area contributed by atoms with Crippen LogP contribution in [0.2, 0.25) is 0 Å². The largest absolute Gasteiger partial charge is 0.447 e. The average molecular weight is 320 g/mol. The highest BCUT2D eigenvalue weighted by Crippen LogP contribution is 2.37. The van der Waals surface area contributed by atoms with Crippen LogP contribution in [0.4, 0.5) is 13.2 Å². The summed E-state index contributed by atoms with van der Waals surface area (Å²) in [5.74, 6) is -0.279. The molecule has 0 unspecified atom stereocenters. The second-order valence-electron chi connectivity index (χ2n) is 4.82. The molecule has 1 aliphatic heterocycles. The van der Waals surface area contributed by atoms with E-state index in [1.165, 1.54) is 23.2 Å². The van der Waals surface area contributed by atoms with Crippen molar-refractivity contribution >= 4 is 17.7 Å². The molecule has 0 aliphatic carbocycles. The van der Waals surface area contributed by atoms with Gasteiger partial charge in [-0.3, -0.25) is 4.79 Å². The first-order valence-electron chi connectivity index (χ1n) is 6.51. The number of alkyl halides is 3. The number of carbonyl (C=O) groups excluding carboxylic acids is 1. The number of likely N-dealkylation sites (tertiary alicyclic amines) is 1. The van der Waals surface area contributed by atoms with Crippen LogP contribution in [0.5, 0.6) is 0 Å². The number of amides is 1. The normalized spacial score (nSPS) is 17.0. The zero-order valence-corrected chi connectivity index (χ0v) is 12.0. The Kier molecular flexibility index (Phi) is 5.10. The molecule has 1 aromatic heterocycles. The number of thioether (sulfide) groups is 1. The summed E-state index contributed by atoms with van der Waals surface area (Å²) in [6.07, 6.45) is 2.55. The topological polar surface area (TPSA) is 53.4 Å². The Morgan fingerprint density at radius 1 is 1.43 bits per heavy atom. The number of piperidine rings is 1. The van der Waals surface area contributed by atoms with E-state index in [4.69, 9.17) is 5.11 Å². The van der Waals surface area contributed by atoms with Gasteiger partial charge in [-0.25, -0.2) is 4.98 Å². The lowest BCUT2D eigenvalue weighted by Gasteiger charge is -2.31. The molecule has 8 heteroatoms. The van der Waals surface area contributed by atoms with Crippen LogP contribution >= 0.6 is 11.8 Å². The predicted molar refractivity (Wildman–Crippen MR) is 71.9 cm³/mol. The van der Waals surface area contributed by atoms with Gasteiger partial charge in [0, 0.05) is 37.7 Å². The van der Waals surface area contributed by atoms with Gasteiger partial charge < -0.3 is 10.0 Å². The third-order valence-corrected chi connectivity index (χ3v) is 4.12. The van der Waals surface area contributed by atoms with E-state index in [0.717, 1.165) is 0 Å². The van der Waals surface area contributed by atoms with E-state index in [1.807, 2.05) is 0 Å². The van der Waals surface area contributed by atoms with Crippen molar-refractivity contribution in [3.8, 4) is 0 Å². The molecular weight excluding hydrogens is 305 g/mol. The van der Waals surface area contributed by atoms with E-state index < -0.39 is 11.4 Å². The maximum absolute atomic E-state index is 12.5. The average Bonchev–Trinajstić information content (AvgIpc) is 2.45. The third-order valence-electron chi connectivity index (χ3n) is 3.37.